The molecule has 0 spiro atoms. The van der Waals surface area contributed by atoms with Crippen molar-refractivity contribution in [3.63, 3.8) is 0 Å². The Hall–Kier alpha value is -3.97. The van der Waals surface area contributed by atoms with Crippen molar-refractivity contribution >= 4 is 49.1 Å². The van der Waals surface area contributed by atoms with E-state index in [-0.39, 0.29) is 30.1 Å². The van der Waals surface area contributed by atoms with Gasteiger partial charge in [0.05, 0.1) is 18.3 Å². The van der Waals surface area contributed by atoms with Crippen LogP contribution in [0.3, 0.4) is 0 Å². The minimum absolute atomic E-state index is 0.00339. The smallest absolute Gasteiger partial charge is 0.271 e. The van der Waals surface area contributed by atoms with E-state index in [4.69, 9.17) is 4.74 Å². The fraction of sp³-hybridized carbons (Fsp3) is 0.286. The van der Waals surface area contributed by atoms with Crippen LogP contribution >= 0.6 is 15.9 Å². The number of carbonyl (C=O) groups is 2. The van der Waals surface area contributed by atoms with Crippen LogP contribution in [0, 0.1) is 10.1 Å². The van der Waals surface area contributed by atoms with Crippen molar-refractivity contribution in [1.29, 1.82) is 0 Å². The zero-order valence-corrected chi connectivity index (χ0v) is 25.2. The van der Waals surface area contributed by atoms with Crippen LogP contribution in [0.15, 0.2) is 77.3 Å². The van der Waals surface area contributed by atoms with Gasteiger partial charge >= 0.3 is 0 Å². The number of carbonyl (C=O) groups excluding carboxylic acids is 2. The second kappa shape index (κ2) is 14.1. The number of nitro benzene ring substituents is 1. The van der Waals surface area contributed by atoms with Crippen LogP contribution in [0.5, 0.6) is 5.75 Å². The number of sulfonamides is 1. The fourth-order valence-corrected chi connectivity index (χ4v) is 5.55. The normalized spacial score (nSPS) is 11.8. The van der Waals surface area contributed by atoms with Gasteiger partial charge in [-0.2, -0.15) is 0 Å². The molecular formula is C28H31BrN4O7S. The Labute approximate surface area is 247 Å². The first-order valence-electron chi connectivity index (χ1n) is 12.6. The Bertz CT molecular complexity index is 1500. The second-order valence-electron chi connectivity index (χ2n) is 9.13. The number of likely N-dealkylation sites (N-methyl/N-ethyl adjacent to an activating group) is 1. The van der Waals surface area contributed by atoms with Crippen molar-refractivity contribution in [1.82, 2.24) is 10.2 Å². The molecule has 11 nitrogen and oxygen atoms in total. The maximum atomic E-state index is 14.1. The van der Waals surface area contributed by atoms with E-state index >= 15 is 0 Å². The Morgan fingerprint density at radius 1 is 1.05 bits per heavy atom. The van der Waals surface area contributed by atoms with Gasteiger partial charge in [0, 0.05) is 36.1 Å². The van der Waals surface area contributed by atoms with Gasteiger partial charge in [0.2, 0.25) is 21.8 Å². The van der Waals surface area contributed by atoms with Crippen LogP contribution in [0.25, 0.3) is 0 Å². The van der Waals surface area contributed by atoms with Gasteiger partial charge in [-0.05, 0) is 36.2 Å². The molecule has 0 aromatic heterocycles. The van der Waals surface area contributed by atoms with Gasteiger partial charge in [0.25, 0.3) is 5.69 Å². The minimum atomic E-state index is -4.14. The van der Waals surface area contributed by atoms with Crippen molar-refractivity contribution < 1.29 is 27.7 Å². The number of benzene rings is 3. The van der Waals surface area contributed by atoms with E-state index in [1.807, 2.05) is 36.4 Å². The summed E-state index contributed by atoms with van der Waals surface area (Å²) in [6.45, 7) is 1.35. The molecule has 0 aliphatic heterocycles. The van der Waals surface area contributed by atoms with Gasteiger partial charge in [0.15, 0.2) is 0 Å². The minimum Gasteiger partial charge on any atom is -0.495 e. The summed E-state index contributed by atoms with van der Waals surface area (Å²) in [6, 6.07) is 18.9. The Balaban J connectivity index is 2.11. The maximum Gasteiger partial charge on any atom is 0.271 e. The number of rotatable bonds is 13. The van der Waals surface area contributed by atoms with Crippen molar-refractivity contribution in [3.8, 4) is 5.75 Å². The molecule has 0 unspecified atom stereocenters. The van der Waals surface area contributed by atoms with Crippen LogP contribution < -0.4 is 14.4 Å². The van der Waals surface area contributed by atoms with Gasteiger partial charge < -0.3 is 15.0 Å². The molecule has 0 saturated heterocycles. The van der Waals surface area contributed by atoms with Gasteiger partial charge in [-0.25, -0.2) is 8.42 Å². The van der Waals surface area contributed by atoms with Crippen LogP contribution in [0.1, 0.15) is 18.1 Å². The van der Waals surface area contributed by atoms with Gasteiger partial charge in [-0.15, -0.1) is 0 Å². The van der Waals surface area contributed by atoms with E-state index in [1.54, 1.807) is 25.1 Å². The summed E-state index contributed by atoms with van der Waals surface area (Å²) < 4.78 is 32.8. The predicted molar refractivity (Wildman–Crippen MR) is 159 cm³/mol. The average molecular weight is 648 g/mol. The number of halogens is 1. The van der Waals surface area contributed by atoms with Gasteiger partial charge in [-0.1, -0.05) is 58.4 Å². The van der Waals surface area contributed by atoms with Gasteiger partial charge in [0.1, 0.15) is 24.0 Å². The summed E-state index contributed by atoms with van der Waals surface area (Å²) in [5, 5.41) is 14.2. The SMILES string of the molecule is CCNC(=O)[C@H](Cc1ccccc1)N(Cc1cccc(Br)c1)C(=O)CN(c1cc([N+](=O)[O-])ccc1OC)S(C)(=O)=O. The van der Waals surface area contributed by atoms with Crippen LogP contribution in [0.2, 0.25) is 0 Å². The number of amides is 2. The number of nitrogens with one attached hydrogen (secondary N) is 1. The van der Waals surface area contributed by atoms with Crippen molar-refractivity contribution in [2.75, 3.05) is 30.8 Å². The van der Waals surface area contributed by atoms with E-state index in [0.29, 0.717) is 12.1 Å². The Morgan fingerprint density at radius 2 is 1.73 bits per heavy atom. The number of hydrogen-bond acceptors (Lipinski definition) is 7. The molecule has 218 valence electrons. The summed E-state index contributed by atoms with van der Waals surface area (Å²) in [5.74, 6) is -1.06. The molecule has 3 aromatic carbocycles. The average Bonchev–Trinajstić information content (AvgIpc) is 2.93. The standard InChI is InChI=1S/C28H31BrN4O7S/c1-4-30-28(35)25(16-20-9-6-5-7-10-20)31(18-21-11-8-12-22(29)15-21)27(34)19-32(41(3,38)39)24-17-23(33(36)37)13-14-26(24)40-2/h5-15,17,25H,4,16,18-19H2,1-3H3,(H,30,35)/t25-/m0/s1. The number of anilines is 1. The number of ether oxygens (including phenoxy) is 1. The van der Waals surface area contributed by atoms with E-state index in [1.165, 1.54) is 24.1 Å². The molecule has 0 saturated carbocycles. The topological polar surface area (TPSA) is 139 Å². The lowest BCUT2D eigenvalue weighted by Crippen LogP contribution is -2.53. The molecule has 0 heterocycles. The van der Waals surface area contributed by atoms with E-state index in [0.717, 1.165) is 26.7 Å². The largest absolute Gasteiger partial charge is 0.495 e. The molecular weight excluding hydrogens is 616 g/mol. The lowest BCUT2D eigenvalue weighted by molar-refractivity contribution is -0.384. The maximum absolute atomic E-state index is 14.1. The predicted octanol–water partition coefficient (Wildman–Crippen LogP) is 3.91. The fourth-order valence-electron chi connectivity index (χ4n) is 4.26. The Morgan fingerprint density at radius 3 is 2.32 bits per heavy atom. The van der Waals surface area contributed by atoms with Gasteiger partial charge in [-0.3, -0.25) is 24.0 Å². The van der Waals surface area contributed by atoms with Crippen molar-refractivity contribution in [2.45, 2.75) is 25.9 Å². The van der Waals surface area contributed by atoms with Crippen molar-refractivity contribution in [2.24, 2.45) is 0 Å². The molecule has 1 atom stereocenters. The number of nitro groups is 1. The second-order valence-corrected chi connectivity index (χ2v) is 12.0. The summed E-state index contributed by atoms with van der Waals surface area (Å²) in [6.07, 6.45) is 1.06. The zero-order valence-electron chi connectivity index (χ0n) is 22.8. The molecule has 13 heteroatoms. The molecule has 41 heavy (non-hydrogen) atoms. The summed E-state index contributed by atoms with van der Waals surface area (Å²) in [5.41, 5.74) is 0.958. The molecule has 0 aliphatic rings. The summed E-state index contributed by atoms with van der Waals surface area (Å²) in [4.78, 5) is 39.6. The third-order valence-electron chi connectivity index (χ3n) is 6.19. The third-order valence-corrected chi connectivity index (χ3v) is 7.80. The van der Waals surface area contributed by atoms with E-state index in [2.05, 4.69) is 21.2 Å². The Kier molecular flexibility index (Phi) is 10.8. The number of hydrogen-bond donors (Lipinski definition) is 1. The highest BCUT2D eigenvalue weighted by atomic mass is 79.9. The molecule has 0 fully saturated rings. The molecule has 0 radical (unpaired) electrons. The highest BCUT2D eigenvalue weighted by Crippen LogP contribution is 2.34. The first kappa shape index (κ1) is 31.6. The lowest BCUT2D eigenvalue weighted by atomic mass is 10.0. The molecule has 3 aromatic rings. The molecule has 0 bridgehead atoms. The van der Waals surface area contributed by atoms with Crippen LogP contribution in [0.4, 0.5) is 11.4 Å². The molecule has 1 N–H and O–H groups in total. The first-order valence-corrected chi connectivity index (χ1v) is 15.2. The quantitative estimate of drug-likeness (QED) is 0.219. The number of non-ortho nitro benzene ring substituents is 1. The van der Waals surface area contributed by atoms with E-state index < -0.39 is 39.3 Å². The van der Waals surface area contributed by atoms with Crippen molar-refractivity contribution in [3.05, 3.63) is 98.5 Å². The highest BCUT2D eigenvalue weighted by molar-refractivity contribution is 9.10. The molecule has 3 rings (SSSR count). The molecule has 0 aliphatic carbocycles. The number of methoxy groups -OCH3 is 1. The van der Waals surface area contributed by atoms with Crippen LogP contribution in [-0.4, -0.2) is 62.6 Å². The molecule has 2 amide bonds. The zero-order chi connectivity index (χ0) is 30.2. The number of nitrogens with zero attached hydrogens (tertiary/aromatic N) is 3. The highest BCUT2D eigenvalue weighted by Gasteiger charge is 2.34. The third kappa shape index (κ3) is 8.51. The first-order chi connectivity index (χ1) is 19.4. The monoisotopic (exact) mass is 646 g/mol. The summed E-state index contributed by atoms with van der Waals surface area (Å²) >= 11 is 3.43. The van der Waals surface area contributed by atoms with Crippen LogP contribution in [-0.2, 0) is 32.6 Å². The summed E-state index contributed by atoms with van der Waals surface area (Å²) in [7, 11) is -2.85. The van der Waals surface area contributed by atoms with E-state index in [9.17, 15) is 28.1 Å². The lowest BCUT2D eigenvalue weighted by Gasteiger charge is -2.33.